The van der Waals surface area contributed by atoms with E-state index < -0.39 is 0 Å². The van der Waals surface area contributed by atoms with Crippen LogP contribution in [-0.4, -0.2) is 18.5 Å². The molecule has 3 nitrogen and oxygen atoms in total. The van der Waals surface area contributed by atoms with Gasteiger partial charge in [-0.3, -0.25) is 4.79 Å². The van der Waals surface area contributed by atoms with Crippen molar-refractivity contribution in [3.8, 4) is 0 Å². The maximum atomic E-state index is 12.2. The molecule has 0 radical (unpaired) electrons. The SMILES string of the molecule is O=C(NCCc1ccc(Cl)s1)[C@H]1Cc2ccccc2CN1. The highest BCUT2D eigenvalue weighted by Crippen LogP contribution is 2.21. The number of hydrogen-bond donors (Lipinski definition) is 2. The van der Waals surface area contributed by atoms with Crippen LogP contribution in [0.1, 0.15) is 16.0 Å². The van der Waals surface area contributed by atoms with Gasteiger partial charge < -0.3 is 10.6 Å². The van der Waals surface area contributed by atoms with Crippen molar-refractivity contribution in [2.24, 2.45) is 0 Å². The molecule has 0 saturated heterocycles. The lowest BCUT2D eigenvalue weighted by Gasteiger charge is -2.25. The minimum absolute atomic E-state index is 0.0761. The average molecular weight is 321 g/mol. The number of carbonyl (C=O) groups is 1. The second-order valence-electron chi connectivity index (χ2n) is 5.15. The summed E-state index contributed by atoms with van der Waals surface area (Å²) < 4.78 is 0.793. The first kappa shape index (κ1) is 14.6. The lowest BCUT2D eigenvalue weighted by Crippen LogP contribution is -2.48. The molecule has 2 N–H and O–H groups in total. The third-order valence-corrected chi connectivity index (χ3v) is 4.99. The fourth-order valence-electron chi connectivity index (χ4n) is 2.56. The van der Waals surface area contributed by atoms with E-state index in [0.717, 1.165) is 23.7 Å². The van der Waals surface area contributed by atoms with Crippen molar-refractivity contribution in [3.63, 3.8) is 0 Å². The standard InChI is InChI=1S/C16H17ClN2OS/c17-15-6-5-13(21-15)7-8-18-16(20)14-9-11-3-1-2-4-12(11)10-19-14/h1-6,14,19H,7-10H2,(H,18,20)/t14-/m1/s1. The molecule has 1 atom stereocenters. The molecule has 1 aromatic carbocycles. The second-order valence-corrected chi connectivity index (χ2v) is 6.95. The predicted octanol–water partition coefficient (Wildman–Crippen LogP) is 2.77. The van der Waals surface area contributed by atoms with Gasteiger partial charge >= 0.3 is 0 Å². The number of halogens is 1. The van der Waals surface area contributed by atoms with Crippen molar-refractivity contribution in [3.05, 3.63) is 56.7 Å². The molecule has 1 aliphatic rings. The van der Waals surface area contributed by atoms with Gasteiger partial charge in [-0.2, -0.15) is 0 Å². The molecule has 2 heterocycles. The van der Waals surface area contributed by atoms with Gasteiger partial charge in [-0.05, 0) is 36.1 Å². The fraction of sp³-hybridized carbons (Fsp3) is 0.312. The van der Waals surface area contributed by atoms with E-state index in [2.05, 4.69) is 22.8 Å². The fourth-order valence-corrected chi connectivity index (χ4v) is 3.64. The Bertz CT molecular complexity index is 641. The smallest absolute Gasteiger partial charge is 0.237 e. The van der Waals surface area contributed by atoms with Crippen LogP contribution in [0.3, 0.4) is 0 Å². The summed E-state index contributed by atoms with van der Waals surface area (Å²) in [5, 5.41) is 6.30. The van der Waals surface area contributed by atoms with Crippen LogP contribution in [-0.2, 0) is 24.2 Å². The lowest BCUT2D eigenvalue weighted by molar-refractivity contribution is -0.123. The van der Waals surface area contributed by atoms with Gasteiger partial charge in [0.25, 0.3) is 0 Å². The Morgan fingerprint density at radius 2 is 2.10 bits per heavy atom. The third kappa shape index (κ3) is 3.64. The van der Waals surface area contributed by atoms with Gasteiger partial charge in [0.1, 0.15) is 0 Å². The summed E-state index contributed by atoms with van der Waals surface area (Å²) in [4.78, 5) is 13.4. The Morgan fingerprint density at radius 1 is 1.29 bits per heavy atom. The maximum Gasteiger partial charge on any atom is 0.237 e. The first-order valence-electron chi connectivity index (χ1n) is 7.04. The van der Waals surface area contributed by atoms with Gasteiger partial charge in [0.15, 0.2) is 0 Å². The molecule has 0 spiro atoms. The number of carbonyl (C=O) groups excluding carboxylic acids is 1. The van der Waals surface area contributed by atoms with E-state index in [-0.39, 0.29) is 11.9 Å². The van der Waals surface area contributed by atoms with Crippen LogP contribution < -0.4 is 10.6 Å². The normalized spacial score (nSPS) is 17.3. The average Bonchev–Trinajstić information content (AvgIpc) is 2.92. The molecule has 0 saturated carbocycles. The van der Waals surface area contributed by atoms with Crippen molar-refractivity contribution in [2.45, 2.75) is 25.4 Å². The molecule has 0 aliphatic carbocycles. The van der Waals surface area contributed by atoms with Crippen LogP contribution in [0.25, 0.3) is 0 Å². The van der Waals surface area contributed by atoms with Gasteiger partial charge in [-0.25, -0.2) is 0 Å². The van der Waals surface area contributed by atoms with Crippen LogP contribution >= 0.6 is 22.9 Å². The zero-order chi connectivity index (χ0) is 14.7. The van der Waals surface area contributed by atoms with Crippen LogP contribution in [0.5, 0.6) is 0 Å². The van der Waals surface area contributed by atoms with E-state index >= 15 is 0 Å². The summed E-state index contributed by atoms with van der Waals surface area (Å²) in [7, 11) is 0. The monoisotopic (exact) mass is 320 g/mol. The first-order valence-corrected chi connectivity index (χ1v) is 8.24. The summed E-state index contributed by atoms with van der Waals surface area (Å²) in [5.74, 6) is 0.0761. The Morgan fingerprint density at radius 3 is 2.86 bits per heavy atom. The number of thiophene rings is 1. The Kier molecular flexibility index (Phi) is 4.58. The molecular weight excluding hydrogens is 304 g/mol. The Balaban J connectivity index is 1.50. The van der Waals surface area contributed by atoms with Crippen LogP contribution in [0.4, 0.5) is 0 Å². The van der Waals surface area contributed by atoms with E-state index in [9.17, 15) is 4.79 Å². The summed E-state index contributed by atoms with van der Waals surface area (Å²) >= 11 is 7.46. The largest absolute Gasteiger partial charge is 0.354 e. The summed E-state index contributed by atoms with van der Waals surface area (Å²) in [6, 6.07) is 12.0. The molecule has 0 bridgehead atoms. The molecule has 3 rings (SSSR count). The highest BCUT2D eigenvalue weighted by molar-refractivity contribution is 7.16. The molecular formula is C16H17ClN2OS. The summed E-state index contributed by atoms with van der Waals surface area (Å²) in [5.41, 5.74) is 2.55. The van der Waals surface area contributed by atoms with E-state index in [1.807, 2.05) is 24.3 Å². The highest BCUT2D eigenvalue weighted by atomic mass is 35.5. The van der Waals surface area contributed by atoms with Gasteiger partial charge in [0.05, 0.1) is 10.4 Å². The summed E-state index contributed by atoms with van der Waals surface area (Å²) in [6.45, 7) is 1.41. The highest BCUT2D eigenvalue weighted by Gasteiger charge is 2.23. The zero-order valence-electron chi connectivity index (χ0n) is 11.6. The molecule has 0 unspecified atom stereocenters. The quantitative estimate of drug-likeness (QED) is 0.909. The molecule has 21 heavy (non-hydrogen) atoms. The van der Waals surface area contributed by atoms with E-state index in [1.165, 1.54) is 16.0 Å². The van der Waals surface area contributed by atoms with Crippen molar-refractivity contribution in [1.29, 1.82) is 0 Å². The van der Waals surface area contributed by atoms with Crippen LogP contribution in [0, 0.1) is 0 Å². The topological polar surface area (TPSA) is 41.1 Å². The summed E-state index contributed by atoms with van der Waals surface area (Å²) in [6.07, 6.45) is 1.58. The maximum absolute atomic E-state index is 12.2. The van der Waals surface area contributed by atoms with Crippen molar-refractivity contribution in [2.75, 3.05) is 6.54 Å². The molecule has 110 valence electrons. The van der Waals surface area contributed by atoms with Crippen LogP contribution in [0.15, 0.2) is 36.4 Å². The predicted molar refractivity (Wildman–Crippen MR) is 86.8 cm³/mol. The second kappa shape index (κ2) is 6.60. The van der Waals surface area contributed by atoms with Crippen LogP contribution in [0.2, 0.25) is 4.34 Å². The first-order chi connectivity index (χ1) is 10.2. The molecule has 1 amide bonds. The zero-order valence-corrected chi connectivity index (χ0v) is 13.1. The van der Waals surface area contributed by atoms with Crippen molar-refractivity contribution < 1.29 is 4.79 Å². The van der Waals surface area contributed by atoms with Crippen molar-refractivity contribution >= 4 is 28.8 Å². The molecule has 1 aliphatic heterocycles. The molecule has 5 heteroatoms. The number of hydrogen-bond acceptors (Lipinski definition) is 3. The number of nitrogens with one attached hydrogen (secondary N) is 2. The molecule has 1 aromatic heterocycles. The van der Waals surface area contributed by atoms with E-state index in [4.69, 9.17) is 11.6 Å². The van der Waals surface area contributed by atoms with E-state index in [0.29, 0.717) is 6.54 Å². The number of rotatable bonds is 4. The minimum Gasteiger partial charge on any atom is -0.354 e. The van der Waals surface area contributed by atoms with Gasteiger partial charge in [-0.1, -0.05) is 35.9 Å². The van der Waals surface area contributed by atoms with Gasteiger partial charge in [0.2, 0.25) is 5.91 Å². The molecule has 0 fully saturated rings. The van der Waals surface area contributed by atoms with Crippen molar-refractivity contribution in [1.82, 2.24) is 10.6 Å². The van der Waals surface area contributed by atoms with E-state index in [1.54, 1.807) is 11.3 Å². The Hall–Kier alpha value is -1.36. The number of fused-ring (bicyclic) bond motifs is 1. The minimum atomic E-state index is -0.133. The van der Waals surface area contributed by atoms with Gasteiger partial charge in [-0.15, -0.1) is 11.3 Å². The third-order valence-electron chi connectivity index (χ3n) is 3.70. The molecule has 2 aromatic rings. The number of benzene rings is 1. The van der Waals surface area contributed by atoms with Gasteiger partial charge in [0, 0.05) is 18.0 Å². The lowest BCUT2D eigenvalue weighted by atomic mass is 9.95. The number of amides is 1. The Labute approximate surface area is 133 Å².